The van der Waals surface area contributed by atoms with Crippen molar-refractivity contribution in [2.75, 3.05) is 18.1 Å². The number of hydrogen-bond donors (Lipinski definition) is 1. The molecule has 0 saturated heterocycles. The molecular formula is C10H14INO2S. The molecule has 0 fully saturated rings. The van der Waals surface area contributed by atoms with Crippen LogP contribution in [0.25, 0.3) is 0 Å². The number of nitrogens with one attached hydrogen (secondary N) is 1. The maximum Gasteiger partial charge on any atom is 0.261 e. The lowest BCUT2D eigenvalue weighted by atomic mass is 10.3. The molecule has 3 nitrogen and oxygen atoms in total. The number of methoxy groups -OCH3 is 1. The fraction of sp³-hybridized carbons (Fsp3) is 0.500. The molecule has 1 amide bonds. The SMILES string of the molecule is COc1csc(C(=O)NCCCCI)c1. The molecule has 1 rings (SSSR count). The van der Waals surface area contributed by atoms with E-state index in [9.17, 15) is 4.79 Å². The van der Waals surface area contributed by atoms with E-state index < -0.39 is 0 Å². The number of hydrogen-bond acceptors (Lipinski definition) is 3. The van der Waals surface area contributed by atoms with Crippen LogP contribution in [-0.2, 0) is 0 Å². The largest absolute Gasteiger partial charge is 0.496 e. The van der Waals surface area contributed by atoms with Gasteiger partial charge in [-0.3, -0.25) is 4.79 Å². The Balaban J connectivity index is 2.33. The molecule has 0 spiro atoms. The minimum Gasteiger partial charge on any atom is -0.496 e. The average Bonchev–Trinajstić information content (AvgIpc) is 2.72. The average molecular weight is 339 g/mol. The summed E-state index contributed by atoms with van der Waals surface area (Å²) in [5, 5.41) is 4.72. The molecule has 0 aliphatic carbocycles. The van der Waals surface area contributed by atoms with Crippen molar-refractivity contribution >= 4 is 39.8 Å². The van der Waals surface area contributed by atoms with E-state index in [4.69, 9.17) is 4.74 Å². The first-order chi connectivity index (χ1) is 7.27. The summed E-state index contributed by atoms with van der Waals surface area (Å²) >= 11 is 3.74. The number of rotatable bonds is 6. The zero-order valence-electron chi connectivity index (χ0n) is 8.59. The number of alkyl halides is 1. The van der Waals surface area contributed by atoms with Crippen LogP contribution in [0.2, 0.25) is 0 Å². The highest BCUT2D eigenvalue weighted by Gasteiger charge is 2.08. The summed E-state index contributed by atoms with van der Waals surface area (Å²) in [6.45, 7) is 0.752. The second-order valence-corrected chi connectivity index (χ2v) is 4.99. The molecule has 84 valence electrons. The first kappa shape index (κ1) is 12.8. The molecule has 0 bridgehead atoms. The Kier molecular flexibility index (Phi) is 6.00. The van der Waals surface area contributed by atoms with Crippen LogP contribution in [0.1, 0.15) is 22.5 Å². The van der Waals surface area contributed by atoms with Crippen LogP contribution >= 0.6 is 33.9 Å². The van der Waals surface area contributed by atoms with Gasteiger partial charge in [0, 0.05) is 18.0 Å². The summed E-state index contributed by atoms with van der Waals surface area (Å²) in [4.78, 5) is 12.3. The number of halogens is 1. The number of thiophene rings is 1. The molecule has 0 saturated carbocycles. The summed E-state index contributed by atoms with van der Waals surface area (Å²) in [5.74, 6) is 0.745. The van der Waals surface area contributed by atoms with Crippen molar-refractivity contribution in [2.45, 2.75) is 12.8 Å². The summed E-state index contributed by atoms with van der Waals surface area (Å²) < 4.78 is 6.16. The lowest BCUT2D eigenvalue weighted by molar-refractivity contribution is 0.0957. The highest BCUT2D eigenvalue weighted by atomic mass is 127. The molecule has 1 heterocycles. The summed E-state index contributed by atoms with van der Waals surface area (Å²) in [6, 6.07) is 1.76. The fourth-order valence-electron chi connectivity index (χ4n) is 1.05. The van der Waals surface area contributed by atoms with E-state index in [-0.39, 0.29) is 5.91 Å². The van der Waals surface area contributed by atoms with Gasteiger partial charge < -0.3 is 10.1 Å². The van der Waals surface area contributed by atoms with Gasteiger partial charge in [-0.25, -0.2) is 0 Å². The molecular weight excluding hydrogens is 325 g/mol. The standard InChI is InChI=1S/C10H14INO2S/c1-14-8-6-9(15-7-8)10(13)12-5-3-2-4-11/h6-7H,2-5H2,1H3,(H,12,13). The molecule has 1 N–H and O–H groups in total. The van der Waals surface area contributed by atoms with E-state index in [0.717, 1.165) is 29.6 Å². The van der Waals surface area contributed by atoms with Crippen LogP contribution in [0, 0.1) is 0 Å². The number of unbranched alkanes of at least 4 members (excludes halogenated alkanes) is 1. The number of ether oxygens (including phenoxy) is 1. The van der Waals surface area contributed by atoms with Gasteiger partial charge in [0.25, 0.3) is 5.91 Å². The monoisotopic (exact) mass is 339 g/mol. The molecule has 1 aromatic rings. The molecule has 0 aliphatic rings. The Morgan fingerprint density at radius 2 is 2.40 bits per heavy atom. The Hall–Kier alpha value is -0.300. The minimum absolute atomic E-state index is 0.00300. The van der Waals surface area contributed by atoms with E-state index in [1.807, 2.05) is 5.38 Å². The second kappa shape index (κ2) is 7.05. The molecule has 0 atom stereocenters. The molecule has 5 heteroatoms. The fourth-order valence-corrected chi connectivity index (χ4v) is 2.36. The Bertz CT molecular complexity index is 314. The van der Waals surface area contributed by atoms with Crippen LogP contribution in [0.5, 0.6) is 5.75 Å². The van der Waals surface area contributed by atoms with Gasteiger partial charge in [0.05, 0.1) is 12.0 Å². The van der Waals surface area contributed by atoms with Crippen LogP contribution < -0.4 is 10.1 Å². The molecule has 0 aromatic carbocycles. The van der Waals surface area contributed by atoms with Gasteiger partial charge in [-0.15, -0.1) is 11.3 Å². The van der Waals surface area contributed by atoms with Gasteiger partial charge in [-0.1, -0.05) is 22.6 Å². The second-order valence-electron chi connectivity index (χ2n) is 3.00. The van der Waals surface area contributed by atoms with Gasteiger partial charge in [0.2, 0.25) is 0 Å². The van der Waals surface area contributed by atoms with Crippen LogP contribution in [0.4, 0.5) is 0 Å². The third-order valence-corrected chi connectivity index (χ3v) is 3.55. The van der Waals surface area contributed by atoms with Crippen molar-refractivity contribution in [3.05, 3.63) is 16.3 Å². The van der Waals surface area contributed by atoms with Crippen molar-refractivity contribution in [2.24, 2.45) is 0 Å². The molecule has 1 aromatic heterocycles. The van der Waals surface area contributed by atoms with Crippen LogP contribution in [0.15, 0.2) is 11.4 Å². The topological polar surface area (TPSA) is 38.3 Å². The smallest absolute Gasteiger partial charge is 0.261 e. The Morgan fingerprint density at radius 3 is 3.00 bits per heavy atom. The first-order valence-corrected chi connectivity index (χ1v) is 7.15. The Morgan fingerprint density at radius 1 is 1.60 bits per heavy atom. The maximum atomic E-state index is 11.6. The molecule has 0 unspecified atom stereocenters. The van der Waals surface area contributed by atoms with Gasteiger partial charge in [-0.05, 0) is 17.3 Å². The number of amides is 1. The third kappa shape index (κ3) is 4.38. The van der Waals surface area contributed by atoms with Crippen molar-refractivity contribution in [1.82, 2.24) is 5.32 Å². The zero-order chi connectivity index (χ0) is 11.1. The zero-order valence-corrected chi connectivity index (χ0v) is 11.6. The first-order valence-electron chi connectivity index (χ1n) is 4.74. The normalized spacial score (nSPS) is 10.0. The summed E-state index contributed by atoms with van der Waals surface area (Å²) in [5.41, 5.74) is 0. The van der Waals surface area contributed by atoms with Crippen molar-refractivity contribution < 1.29 is 9.53 Å². The lowest BCUT2D eigenvalue weighted by Crippen LogP contribution is -2.23. The van der Waals surface area contributed by atoms with E-state index in [0.29, 0.717) is 4.88 Å². The van der Waals surface area contributed by atoms with Crippen LogP contribution in [0.3, 0.4) is 0 Å². The summed E-state index contributed by atoms with van der Waals surface area (Å²) in [7, 11) is 1.60. The van der Waals surface area contributed by atoms with E-state index in [1.54, 1.807) is 13.2 Å². The molecule has 0 aliphatic heterocycles. The van der Waals surface area contributed by atoms with Gasteiger partial charge in [0.15, 0.2) is 0 Å². The van der Waals surface area contributed by atoms with E-state index >= 15 is 0 Å². The predicted octanol–water partition coefficient (Wildman–Crippen LogP) is 2.70. The van der Waals surface area contributed by atoms with Crippen molar-refractivity contribution in [3.8, 4) is 5.75 Å². The van der Waals surface area contributed by atoms with Crippen molar-refractivity contribution in [1.29, 1.82) is 0 Å². The van der Waals surface area contributed by atoms with Gasteiger partial charge in [0.1, 0.15) is 5.75 Å². The van der Waals surface area contributed by atoms with E-state index in [1.165, 1.54) is 11.3 Å². The quantitative estimate of drug-likeness (QED) is 0.492. The maximum absolute atomic E-state index is 11.6. The number of carbonyl (C=O) groups excluding carboxylic acids is 1. The highest BCUT2D eigenvalue weighted by Crippen LogP contribution is 2.20. The van der Waals surface area contributed by atoms with Crippen molar-refractivity contribution in [3.63, 3.8) is 0 Å². The molecule has 15 heavy (non-hydrogen) atoms. The van der Waals surface area contributed by atoms with Gasteiger partial charge in [-0.2, -0.15) is 0 Å². The molecule has 0 radical (unpaired) electrons. The van der Waals surface area contributed by atoms with Gasteiger partial charge >= 0.3 is 0 Å². The third-order valence-electron chi connectivity index (χ3n) is 1.88. The minimum atomic E-state index is -0.00300. The number of carbonyl (C=O) groups is 1. The predicted molar refractivity (Wildman–Crippen MR) is 71.3 cm³/mol. The van der Waals surface area contributed by atoms with E-state index in [2.05, 4.69) is 27.9 Å². The Labute approximate surface area is 107 Å². The lowest BCUT2D eigenvalue weighted by Gasteiger charge is -2.01. The highest BCUT2D eigenvalue weighted by molar-refractivity contribution is 14.1. The van der Waals surface area contributed by atoms with Crippen LogP contribution in [-0.4, -0.2) is 24.0 Å². The summed E-state index contributed by atoms with van der Waals surface area (Å²) in [6.07, 6.45) is 2.19.